The van der Waals surface area contributed by atoms with Crippen molar-refractivity contribution in [1.29, 1.82) is 0 Å². The molecule has 140 valence electrons. The molecule has 0 unspecified atom stereocenters. The van der Waals surface area contributed by atoms with E-state index in [9.17, 15) is 4.39 Å². The van der Waals surface area contributed by atoms with Crippen molar-refractivity contribution in [1.82, 2.24) is 9.55 Å². The van der Waals surface area contributed by atoms with Gasteiger partial charge in [-0.15, -0.1) is 0 Å². The number of nitrogens with two attached hydrogens (primary N) is 1. The summed E-state index contributed by atoms with van der Waals surface area (Å²) < 4.78 is 16.1. The molecule has 0 fully saturated rings. The third kappa shape index (κ3) is 4.53. The predicted octanol–water partition coefficient (Wildman–Crippen LogP) is 4.37. The van der Waals surface area contributed by atoms with Gasteiger partial charge in [-0.25, -0.2) is 14.4 Å². The maximum atomic E-state index is 14.4. The second-order valence-electron chi connectivity index (χ2n) is 6.74. The van der Waals surface area contributed by atoms with Crippen molar-refractivity contribution in [3.05, 3.63) is 77.6 Å². The molecule has 6 heteroatoms. The number of halogens is 1. The number of hydrogen-bond acceptors (Lipinski definition) is 2. The SMILES string of the molecule is Cc1nccn1-c1ccc(CN=C(N)Nc2cccc(C(C)C)c2)cc1F. The summed E-state index contributed by atoms with van der Waals surface area (Å²) in [5.41, 5.74) is 9.30. The molecule has 0 saturated heterocycles. The van der Waals surface area contributed by atoms with E-state index in [1.54, 1.807) is 23.0 Å². The van der Waals surface area contributed by atoms with E-state index in [0.717, 1.165) is 17.1 Å². The van der Waals surface area contributed by atoms with Gasteiger partial charge < -0.3 is 15.6 Å². The van der Waals surface area contributed by atoms with Crippen LogP contribution in [-0.4, -0.2) is 15.5 Å². The number of hydrogen-bond donors (Lipinski definition) is 2. The third-order valence-electron chi connectivity index (χ3n) is 4.36. The molecule has 0 amide bonds. The first-order chi connectivity index (χ1) is 12.9. The number of benzene rings is 2. The Morgan fingerprint density at radius 3 is 2.74 bits per heavy atom. The van der Waals surface area contributed by atoms with Crippen molar-refractivity contribution in [2.45, 2.75) is 33.2 Å². The molecule has 2 aromatic carbocycles. The second-order valence-corrected chi connectivity index (χ2v) is 6.74. The molecule has 1 heterocycles. The highest BCUT2D eigenvalue weighted by Crippen LogP contribution is 2.19. The number of nitrogens with zero attached hydrogens (tertiary/aromatic N) is 3. The monoisotopic (exact) mass is 365 g/mol. The second kappa shape index (κ2) is 8.03. The Hall–Kier alpha value is -3.15. The highest BCUT2D eigenvalue weighted by Gasteiger charge is 2.08. The summed E-state index contributed by atoms with van der Waals surface area (Å²) in [7, 11) is 0. The number of aryl methyl sites for hydroxylation is 1. The van der Waals surface area contributed by atoms with Gasteiger partial charge in [0.05, 0.1) is 12.2 Å². The summed E-state index contributed by atoms with van der Waals surface area (Å²) in [5.74, 6) is 1.15. The van der Waals surface area contributed by atoms with Gasteiger partial charge in [0.15, 0.2) is 5.96 Å². The first-order valence-electron chi connectivity index (χ1n) is 8.89. The van der Waals surface area contributed by atoms with Crippen LogP contribution < -0.4 is 11.1 Å². The molecule has 1 aromatic heterocycles. The molecule has 3 rings (SSSR count). The fraction of sp³-hybridized carbons (Fsp3) is 0.238. The lowest BCUT2D eigenvalue weighted by molar-refractivity contribution is 0.614. The topological polar surface area (TPSA) is 68.2 Å². The van der Waals surface area contributed by atoms with Crippen LogP contribution in [0.3, 0.4) is 0 Å². The Labute approximate surface area is 158 Å². The third-order valence-corrected chi connectivity index (χ3v) is 4.36. The van der Waals surface area contributed by atoms with Gasteiger partial charge in [0.1, 0.15) is 11.6 Å². The van der Waals surface area contributed by atoms with E-state index < -0.39 is 0 Å². The summed E-state index contributed by atoms with van der Waals surface area (Å²) >= 11 is 0. The molecule has 0 aliphatic heterocycles. The molecule has 0 atom stereocenters. The molecular weight excluding hydrogens is 341 g/mol. The zero-order valence-corrected chi connectivity index (χ0v) is 15.8. The predicted molar refractivity (Wildman–Crippen MR) is 108 cm³/mol. The molecule has 27 heavy (non-hydrogen) atoms. The van der Waals surface area contributed by atoms with E-state index in [0.29, 0.717) is 24.1 Å². The van der Waals surface area contributed by atoms with Crippen LogP contribution in [0.2, 0.25) is 0 Å². The van der Waals surface area contributed by atoms with Gasteiger partial charge in [-0.1, -0.05) is 32.0 Å². The molecule has 3 N–H and O–H groups in total. The van der Waals surface area contributed by atoms with Crippen LogP contribution in [-0.2, 0) is 6.54 Å². The van der Waals surface area contributed by atoms with Crippen LogP contribution in [0.15, 0.2) is 59.9 Å². The largest absolute Gasteiger partial charge is 0.370 e. The molecular formula is C21H24FN5. The van der Waals surface area contributed by atoms with Crippen molar-refractivity contribution in [3.8, 4) is 5.69 Å². The van der Waals surface area contributed by atoms with Crippen molar-refractivity contribution in [2.24, 2.45) is 10.7 Å². The summed E-state index contributed by atoms with van der Waals surface area (Å²) in [4.78, 5) is 8.44. The van der Waals surface area contributed by atoms with Gasteiger partial charge in [-0.3, -0.25) is 0 Å². The van der Waals surface area contributed by atoms with Crippen LogP contribution in [0, 0.1) is 12.7 Å². The number of guanidine groups is 1. The zero-order valence-electron chi connectivity index (χ0n) is 15.8. The molecule has 0 saturated carbocycles. The average molecular weight is 365 g/mol. The number of nitrogens with one attached hydrogen (secondary N) is 1. The molecule has 0 aliphatic carbocycles. The summed E-state index contributed by atoms with van der Waals surface area (Å²) in [6, 6.07) is 13.1. The van der Waals surface area contributed by atoms with Gasteiger partial charge in [-0.05, 0) is 48.2 Å². The highest BCUT2D eigenvalue weighted by atomic mass is 19.1. The maximum absolute atomic E-state index is 14.4. The van der Waals surface area contributed by atoms with Crippen LogP contribution in [0.1, 0.15) is 36.7 Å². The van der Waals surface area contributed by atoms with Crippen LogP contribution >= 0.6 is 0 Å². The maximum Gasteiger partial charge on any atom is 0.193 e. The number of rotatable bonds is 5. The van der Waals surface area contributed by atoms with Gasteiger partial charge in [0, 0.05) is 18.1 Å². The number of imidazole rings is 1. The normalized spacial score (nSPS) is 11.8. The smallest absolute Gasteiger partial charge is 0.193 e. The fourth-order valence-electron chi connectivity index (χ4n) is 2.82. The summed E-state index contributed by atoms with van der Waals surface area (Å²) in [6.45, 7) is 6.40. The first kappa shape index (κ1) is 18.6. The Bertz CT molecular complexity index is 959. The van der Waals surface area contributed by atoms with Gasteiger partial charge in [0.25, 0.3) is 0 Å². The standard InChI is InChI=1S/C21H24FN5/c1-14(2)17-5-4-6-18(12-17)26-21(23)25-13-16-7-8-20(19(22)11-16)27-10-9-24-15(27)3/h4-12,14H,13H2,1-3H3,(H3,23,25,26). The summed E-state index contributed by atoms with van der Waals surface area (Å²) in [6.07, 6.45) is 3.38. The van der Waals surface area contributed by atoms with Crippen LogP contribution in [0.5, 0.6) is 0 Å². The first-order valence-corrected chi connectivity index (χ1v) is 8.89. The minimum atomic E-state index is -0.319. The van der Waals surface area contributed by atoms with Crippen LogP contribution in [0.25, 0.3) is 5.69 Å². The molecule has 0 radical (unpaired) electrons. The van der Waals surface area contributed by atoms with E-state index in [-0.39, 0.29) is 5.82 Å². The lowest BCUT2D eigenvalue weighted by Gasteiger charge is -2.10. The molecule has 0 spiro atoms. The molecule has 3 aromatic rings. The van der Waals surface area contributed by atoms with Crippen molar-refractivity contribution in [3.63, 3.8) is 0 Å². The van der Waals surface area contributed by atoms with Crippen molar-refractivity contribution < 1.29 is 4.39 Å². The Balaban J connectivity index is 1.69. The zero-order chi connectivity index (χ0) is 19.4. The number of aliphatic imine (C=N–C) groups is 1. The molecule has 0 aliphatic rings. The van der Waals surface area contributed by atoms with Crippen LogP contribution in [0.4, 0.5) is 10.1 Å². The lowest BCUT2D eigenvalue weighted by atomic mass is 10.0. The van der Waals surface area contributed by atoms with E-state index >= 15 is 0 Å². The molecule has 5 nitrogen and oxygen atoms in total. The van der Waals surface area contributed by atoms with Gasteiger partial charge in [-0.2, -0.15) is 0 Å². The lowest BCUT2D eigenvalue weighted by Crippen LogP contribution is -2.22. The average Bonchev–Trinajstić information content (AvgIpc) is 3.06. The van der Waals surface area contributed by atoms with E-state index in [1.807, 2.05) is 25.1 Å². The van der Waals surface area contributed by atoms with E-state index in [1.165, 1.54) is 11.6 Å². The fourth-order valence-corrected chi connectivity index (χ4v) is 2.82. The Morgan fingerprint density at radius 1 is 1.26 bits per heavy atom. The Morgan fingerprint density at radius 2 is 2.07 bits per heavy atom. The Kier molecular flexibility index (Phi) is 5.54. The highest BCUT2D eigenvalue weighted by molar-refractivity contribution is 5.92. The number of anilines is 1. The van der Waals surface area contributed by atoms with Crippen molar-refractivity contribution in [2.75, 3.05) is 5.32 Å². The minimum Gasteiger partial charge on any atom is -0.370 e. The quantitative estimate of drug-likeness (QED) is 0.521. The van der Waals surface area contributed by atoms with E-state index in [4.69, 9.17) is 5.73 Å². The van der Waals surface area contributed by atoms with Gasteiger partial charge >= 0.3 is 0 Å². The van der Waals surface area contributed by atoms with Crippen molar-refractivity contribution >= 4 is 11.6 Å². The summed E-state index contributed by atoms with van der Waals surface area (Å²) in [5, 5.41) is 3.08. The van der Waals surface area contributed by atoms with Gasteiger partial charge in [0.2, 0.25) is 0 Å². The number of aromatic nitrogens is 2. The van der Waals surface area contributed by atoms with E-state index in [2.05, 4.69) is 41.3 Å². The molecule has 0 bridgehead atoms. The minimum absolute atomic E-state index is 0.294.